The zero-order valence-corrected chi connectivity index (χ0v) is 7.99. The molecule has 72 valence electrons. The lowest BCUT2D eigenvalue weighted by Gasteiger charge is -2.30. The topological polar surface area (TPSA) is 37.3 Å². The van der Waals surface area contributed by atoms with E-state index in [1.54, 1.807) is 0 Å². The van der Waals surface area contributed by atoms with Gasteiger partial charge in [-0.1, -0.05) is 19.4 Å². The third-order valence-electron chi connectivity index (χ3n) is 3.81. The van der Waals surface area contributed by atoms with Crippen LogP contribution in [-0.2, 0) is 4.79 Å². The van der Waals surface area contributed by atoms with Crippen LogP contribution in [0.3, 0.4) is 0 Å². The predicted molar refractivity (Wildman–Crippen MR) is 50.3 cm³/mol. The van der Waals surface area contributed by atoms with Crippen molar-refractivity contribution in [3.05, 3.63) is 12.2 Å². The van der Waals surface area contributed by atoms with Crippen LogP contribution in [0.1, 0.15) is 32.6 Å². The fraction of sp³-hybridized carbons (Fsp3) is 0.727. The van der Waals surface area contributed by atoms with Crippen molar-refractivity contribution in [2.45, 2.75) is 32.6 Å². The van der Waals surface area contributed by atoms with Crippen molar-refractivity contribution < 1.29 is 9.90 Å². The van der Waals surface area contributed by atoms with Crippen LogP contribution in [0.25, 0.3) is 0 Å². The van der Waals surface area contributed by atoms with Gasteiger partial charge in [0.25, 0.3) is 0 Å². The number of hydrogen-bond acceptors (Lipinski definition) is 1. The lowest BCUT2D eigenvalue weighted by molar-refractivity contribution is -0.131. The highest BCUT2D eigenvalue weighted by molar-refractivity contribution is 5.79. The molecule has 0 amide bonds. The number of rotatable bonds is 2. The number of carboxylic acid groups (broad SMARTS) is 1. The third kappa shape index (κ3) is 1.50. The van der Waals surface area contributed by atoms with E-state index in [-0.39, 0.29) is 5.41 Å². The van der Waals surface area contributed by atoms with E-state index < -0.39 is 5.97 Å². The summed E-state index contributed by atoms with van der Waals surface area (Å²) in [5.41, 5.74) is 0.182. The Morgan fingerprint density at radius 2 is 2.31 bits per heavy atom. The molecular formula is C11H16O2. The largest absolute Gasteiger partial charge is 0.478 e. The first-order valence-corrected chi connectivity index (χ1v) is 5.02. The van der Waals surface area contributed by atoms with Crippen molar-refractivity contribution in [3.8, 4) is 0 Å². The molecule has 2 aliphatic rings. The van der Waals surface area contributed by atoms with E-state index in [2.05, 4.69) is 6.92 Å². The second-order valence-electron chi connectivity index (χ2n) is 4.76. The molecule has 2 heteroatoms. The molecule has 0 aromatic carbocycles. The van der Waals surface area contributed by atoms with Crippen LogP contribution in [-0.4, -0.2) is 11.1 Å². The molecule has 2 rings (SSSR count). The van der Waals surface area contributed by atoms with Crippen LogP contribution in [0.4, 0.5) is 0 Å². The van der Waals surface area contributed by atoms with Gasteiger partial charge in [0, 0.05) is 6.08 Å². The quantitative estimate of drug-likeness (QED) is 0.663. The van der Waals surface area contributed by atoms with E-state index in [9.17, 15) is 4.79 Å². The zero-order valence-electron chi connectivity index (χ0n) is 7.99. The highest BCUT2D eigenvalue weighted by atomic mass is 16.4. The lowest BCUT2D eigenvalue weighted by Crippen LogP contribution is -2.21. The smallest absolute Gasteiger partial charge is 0.327 e. The second-order valence-corrected chi connectivity index (χ2v) is 4.76. The lowest BCUT2D eigenvalue weighted by atomic mass is 9.74. The monoisotopic (exact) mass is 180 g/mol. The molecule has 1 N–H and O–H groups in total. The Balaban J connectivity index is 2.09. The number of carboxylic acids is 1. The molecule has 3 unspecified atom stereocenters. The minimum atomic E-state index is -0.816. The molecule has 2 fully saturated rings. The maximum absolute atomic E-state index is 10.4. The molecule has 0 spiro atoms. The number of carbonyl (C=O) groups is 1. The van der Waals surface area contributed by atoms with Gasteiger partial charge in [0.15, 0.2) is 0 Å². The van der Waals surface area contributed by atoms with Crippen LogP contribution in [0.15, 0.2) is 12.2 Å². The highest BCUT2D eigenvalue weighted by Crippen LogP contribution is 2.56. The first kappa shape index (κ1) is 8.79. The molecular weight excluding hydrogens is 164 g/mol. The van der Waals surface area contributed by atoms with Crippen LogP contribution >= 0.6 is 0 Å². The fourth-order valence-electron chi connectivity index (χ4n) is 3.11. The minimum Gasteiger partial charge on any atom is -0.478 e. The molecule has 2 saturated carbocycles. The maximum atomic E-state index is 10.4. The predicted octanol–water partition coefficient (Wildman–Crippen LogP) is 2.45. The Bertz CT molecular complexity index is 257. The molecule has 0 aromatic rings. The Hall–Kier alpha value is -0.790. The van der Waals surface area contributed by atoms with Crippen molar-refractivity contribution in [1.29, 1.82) is 0 Å². The summed E-state index contributed by atoms with van der Waals surface area (Å²) < 4.78 is 0. The van der Waals surface area contributed by atoms with Crippen LogP contribution in [0, 0.1) is 17.3 Å². The van der Waals surface area contributed by atoms with Gasteiger partial charge in [0.05, 0.1) is 0 Å². The Morgan fingerprint density at radius 3 is 2.77 bits per heavy atom. The average molecular weight is 180 g/mol. The van der Waals surface area contributed by atoms with Gasteiger partial charge >= 0.3 is 5.97 Å². The van der Waals surface area contributed by atoms with Gasteiger partial charge in [0.1, 0.15) is 0 Å². The summed E-state index contributed by atoms with van der Waals surface area (Å²) in [6.45, 7) is 2.20. The van der Waals surface area contributed by atoms with Gasteiger partial charge in [-0.2, -0.15) is 0 Å². The molecule has 0 radical (unpaired) electrons. The van der Waals surface area contributed by atoms with Crippen molar-refractivity contribution in [3.63, 3.8) is 0 Å². The SMILES string of the molecule is CC1(C=CC(=O)O)CC2CCC1C2. The molecule has 3 atom stereocenters. The van der Waals surface area contributed by atoms with Gasteiger partial charge in [-0.05, 0) is 36.5 Å². The third-order valence-corrected chi connectivity index (χ3v) is 3.81. The number of aliphatic carboxylic acids is 1. The van der Waals surface area contributed by atoms with Crippen molar-refractivity contribution >= 4 is 5.97 Å². The molecule has 0 heterocycles. The highest BCUT2D eigenvalue weighted by Gasteiger charge is 2.46. The normalized spacial score (nSPS) is 43.2. The first-order valence-electron chi connectivity index (χ1n) is 5.02. The first-order chi connectivity index (χ1) is 6.10. The summed E-state index contributed by atoms with van der Waals surface area (Å²) in [5, 5.41) is 8.57. The Morgan fingerprint density at radius 1 is 1.54 bits per heavy atom. The molecule has 2 aliphatic carbocycles. The Labute approximate surface area is 78.6 Å². The Kier molecular flexibility index (Phi) is 1.94. The number of hydrogen-bond donors (Lipinski definition) is 1. The van der Waals surface area contributed by atoms with E-state index in [0.717, 1.165) is 11.8 Å². The van der Waals surface area contributed by atoms with Crippen molar-refractivity contribution in [2.75, 3.05) is 0 Å². The van der Waals surface area contributed by atoms with Crippen molar-refractivity contribution in [2.24, 2.45) is 17.3 Å². The van der Waals surface area contributed by atoms with E-state index in [1.165, 1.54) is 31.8 Å². The van der Waals surface area contributed by atoms with Gasteiger partial charge in [-0.25, -0.2) is 4.79 Å². The molecule has 0 aromatic heterocycles. The van der Waals surface area contributed by atoms with Gasteiger partial charge in [-0.3, -0.25) is 0 Å². The number of fused-ring (bicyclic) bond motifs is 2. The summed E-state index contributed by atoms with van der Waals surface area (Å²) in [6, 6.07) is 0. The molecule has 13 heavy (non-hydrogen) atoms. The zero-order chi connectivity index (χ0) is 9.47. The maximum Gasteiger partial charge on any atom is 0.327 e. The summed E-state index contributed by atoms with van der Waals surface area (Å²) in [4.78, 5) is 10.4. The minimum absolute atomic E-state index is 0.182. The van der Waals surface area contributed by atoms with Gasteiger partial charge in [-0.15, -0.1) is 0 Å². The summed E-state index contributed by atoms with van der Waals surface area (Å²) in [5.74, 6) is 0.797. The number of allylic oxidation sites excluding steroid dienone is 1. The molecule has 0 saturated heterocycles. The van der Waals surface area contributed by atoms with E-state index >= 15 is 0 Å². The van der Waals surface area contributed by atoms with Crippen molar-refractivity contribution in [1.82, 2.24) is 0 Å². The average Bonchev–Trinajstić information content (AvgIpc) is 2.60. The van der Waals surface area contributed by atoms with Gasteiger partial charge < -0.3 is 5.11 Å². The van der Waals surface area contributed by atoms with Crippen LogP contribution in [0.5, 0.6) is 0 Å². The van der Waals surface area contributed by atoms with Gasteiger partial charge in [0.2, 0.25) is 0 Å². The summed E-state index contributed by atoms with van der Waals surface area (Å²) in [7, 11) is 0. The van der Waals surface area contributed by atoms with Crippen LogP contribution < -0.4 is 0 Å². The molecule has 2 nitrogen and oxygen atoms in total. The summed E-state index contributed by atoms with van der Waals surface area (Å²) in [6.07, 6.45) is 8.41. The van der Waals surface area contributed by atoms with E-state index in [1.807, 2.05) is 6.08 Å². The van der Waals surface area contributed by atoms with E-state index in [4.69, 9.17) is 5.11 Å². The molecule has 0 aliphatic heterocycles. The standard InChI is InChI=1S/C11H16O2/c1-11(5-4-10(12)13)7-8-2-3-9(11)6-8/h4-5,8-9H,2-3,6-7H2,1H3,(H,12,13). The fourth-order valence-corrected chi connectivity index (χ4v) is 3.11. The van der Waals surface area contributed by atoms with Crippen LogP contribution in [0.2, 0.25) is 0 Å². The second kappa shape index (κ2) is 2.86. The van der Waals surface area contributed by atoms with E-state index in [0.29, 0.717) is 0 Å². The summed E-state index contributed by atoms with van der Waals surface area (Å²) >= 11 is 0. The molecule has 2 bridgehead atoms.